The summed E-state index contributed by atoms with van der Waals surface area (Å²) in [7, 11) is 1.36. The normalized spacial score (nSPS) is 10.3. The van der Waals surface area contributed by atoms with Crippen LogP contribution >= 0.6 is 0 Å². The maximum absolute atomic E-state index is 11.6. The van der Waals surface area contributed by atoms with Gasteiger partial charge in [0.25, 0.3) is 0 Å². The summed E-state index contributed by atoms with van der Waals surface area (Å²) in [6.07, 6.45) is 1.00. The largest absolute Gasteiger partial charge is 0.465 e. The third-order valence-corrected chi connectivity index (χ3v) is 3.91. The van der Waals surface area contributed by atoms with E-state index in [9.17, 15) is 4.79 Å². The maximum atomic E-state index is 11.6. The van der Waals surface area contributed by atoms with E-state index in [1.807, 2.05) is 36.4 Å². The Morgan fingerprint density at radius 3 is 2.44 bits per heavy atom. The van der Waals surface area contributed by atoms with Crippen LogP contribution in [0.4, 0.5) is 17.5 Å². The van der Waals surface area contributed by atoms with E-state index in [4.69, 9.17) is 4.74 Å². The fourth-order valence-corrected chi connectivity index (χ4v) is 2.54. The molecule has 0 aliphatic carbocycles. The number of methoxy groups -OCH3 is 1. The van der Waals surface area contributed by atoms with Gasteiger partial charge in [-0.05, 0) is 30.7 Å². The molecule has 6 nitrogen and oxygen atoms in total. The van der Waals surface area contributed by atoms with Gasteiger partial charge in [0.05, 0.1) is 18.4 Å². The standard InChI is InChI=1S/C21H22N4O2/c1-3-13-22-19-14-18(15-7-5-4-6-8-15)24-21(25-19)23-17-11-9-16(10-12-17)20(26)27-2/h4-12,14H,3,13H2,1-2H3,(H2,22,23,24,25). The molecule has 0 atom stereocenters. The Hall–Kier alpha value is -3.41. The van der Waals surface area contributed by atoms with Gasteiger partial charge in [-0.15, -0.1) is 0 Å². The van der Waals surface area contributed by atoms with E-state index in [-0.39, 0.29) is 5.97 Å². The van der Waals surface area contributed by atoms with Gasteiger partial charge in [0.2, 0.25) is 5.95 Å². The Morgan fingerprint density at radius 1 is 1.04 bits per heavy atom. The summed E-state index contributed by atoms with van der Waals surface area (Å²) in [6.45, 7) is 2.94. The molecule has 3 aromatic rings. The Kier molecular flexibility index (Phi) is 5.99. The molecular formula is C21H22N4O2. The molecule has 3 rings (SSSR count). The number of ether oxygens (including phenoxy) is 1. The van der Waals surface area contributed by atoms with Crippen LogP contribution in [0, 0.1) is 0 Å². The fourth-order valence-electron chi connectivity index (χ4n) is 2.54. The van der Waals surface area contributed by atoms with Crippen molar-refractivity contribution in [3.63, 3.8) is 0 Å². The number of rotatable bonds is 7. The van der Waals surface area contributed by atoms with Gasteiger partial charge < -0.3 is 15.4 Å². The molecule has 0 bridgehead atoms. The third-order valence-electron chi connectivity index (χ3n) is 3.91. The van der Waals surface area contributed by atoms with Gasteiger partial charge in [-0.25, -0.2) is 9.78 Å². The fraction of sp³-hybridized carbons (Fsp3) is 0.190. The lowest BCUT2D eigenvalue weighted by Crippen LogP contribution is -2.06. The molecule has 138 valence electrons. The highest BCUT2D eigenvalue weighted by Crippen LogP contribution is 2.23. The quantitative estimate of drug-likeness (QED) is 0.603. The lowest BCUT2D eigenvalue weighted by Gasteiger charge is -2.11. The average Bonchev–Trinajstić information content (AvgIpc) is 2.72. The zero-order chi connectivity index (χ0) is 19.1. The minimum absolute atomic E-state index is 0.366. The van der Waals surface area contributed by atoms with Crippen molar-refractivity contribution in [1.29, 1.82) is 0 Å². The first-order valence-electron chi connectivity index (χ1n) is 8.83. The Labute approximate surface area is 158 Å². The molecule has 27 heavy (non-hydrogen) atoms. The van der Waals surface area contributed by atoms with E-state index in [0.717, 1.165) is 35.7 Å². The molecule has 1 aromatic heterocycles. The van der Waals surface area contributed by atoms with Gasteiger partial charge >= 0.3 is 5.97 Å². The topological polar surface area (TPSA) is 76.1 Å². The van der Waals surface area contributed by atoms with Crippen LogP contribution in [0.3, 0.4) is 0 Å². The molecule has 0 saturated carbocycles. The van der Waals surface area contributed by atoms with Crippen molar-refractivity contribution in [1.82, 2.24) is 9.97 Å². The first-order valence-corrected chi connectivity index (χ1v) is 8.83. The number of anilines is 3. The smallest absolute Gasteiger partial charge is 0.337 e. The minimum atomic E-state index is -0.366. The number of benzene rings is 2. The summed E-state index contributed by atoms with van der Waals surface area (Å²) in [5.41, 5.74) is 3.13. The van der Waals surface area contributed by atoms with E-state index in [1.165, 1.54) is 7.11 Å². The van der Waals surface area contributed by atoms with Crippen LogP contribution in [0.5, 0.6) is 0 Å². The van der Waals surface area contributed by atoms with E-state index < -0.39 is 0 Å². The number of nitrogens with zero attached hydrogens (tertiary/aromatic N) is 2. The summed E-state index contributed by atoms with van der Waals surface area (Å²) in [5, 5.41) is 6.51. The van der Waals surface area contributed by atoms with Crippen molar-refractivity contribution in [2.75, 3.05) is 24.3 Å². The van der Waals surface area contributed by atoms with Gasteiger partial charge in [-0.3, -0.25) is 0 Å². The molecule has 0 fully saturated rings. The van der Waals surface area contributed by atoms with Crippen molar-refractivity contribution in [3.8, 4) is 11.3 Å². The summed E-state index contributed by atoms with van der Waals surface area (Å²) in [5.74, 6) is 0.884. The van der Waals surface area contributed by atoms with Crippen molar-refractivity contribution in [2.45, 2.75) is 13.3 Å². The molecule has 0 aliphatic heterocycles. The monoisotopic (exact) mass is 362 g/mol. The van der Waals surface area contributed by atoms with E-state index in [2.05, 4.69) is 27.5 Å². The molecule has 2 aromatic carbocycles. The van der Waals surface area contributed by atoms with Gasteiger partial charge in [0, 0.05) is 23.9 Å². The van der Waals surface area contributed by atoms with Crippen LogP contribution in [0.2, 0.25) is 0 Å². The van der Waals surface area contributed by atoms with E-state index in [1.54, 1.807) is 24.3 Å². The molecule has 0 unspecified atom stereocenters. The molecule has 0 radical (unpaired) electrons. The number of carbonyl (C=O) groups excluding carboxylic acids is 1. The second-order valence-corrected chi connectivity index (χ2v) is 5.95. The van der Waals surface area contributed by atoms with Crippen molar-refractivity contribution >= 4 is 23.4 Å². The summed E-state index contributed by atoms with van der Waals surface area (Å²) in [6, 6.07) is 18.9. The SMILES string of the molecule is CCCNc1cc(-c2ccccc2)nc(Nc2ccc(C(=O)OC)cc2)n1. The highest BCUT2D eigenvalue weighted by Gasteiger charge is 2.08. The average molecular weight is 362 g/mol. The van der Waals surface area contributed by atoms with Crippen LogP contribution in [-0.2, 0) is 4.74 Å². The molecule has 0 spiro atoms. The third kappa shape index (κ3) is 4.82. The molecule has 0 saturated heterocycles. The number of hydrogen-bond donors (Lipinski definition) is 2. The zero-order valence-electron chi connectivity index (χ0n) is 15.4. The Balaban J connectivity index is 1.88. The van der Waals surface area contributed by atoms with Gasteiger partial charge in [0.15, 0.2) is 0 Å². The van der Waals surface area contributed by atoms with Crippen LogP contribution in [0.1, 0.15) is 23.7 Å². The van der Waals surface area contributed by atoms with Crippen molar-refractivity contribution in [3.05, 3.63) is 66.2 Å². The highest BCUT2D eigenvalue weighted by atomic mass is 16.5. The summed E-state index contributed by atoms with van der Waals surface area (Å²) < 4.78 is 4.72. The van der Waals surface area contributed by atoms with Crippen LogP contribution in [-0.4, -0.2) is 29.6 Å². The van der Waals surface area contributed by atoms with Crippen LogP contribution in [0.25, 0.3) is 11.3 Å². The second-order valence-electron chi connectivity index (χ2n) is 5.95. The molecule has 0 amide bonds. The number of hydrogen-bond acceptors (Lipinski definition) is 6. The van der Waals surface area contributed by atoms with Crippen molar-refractivity contribution < 1.29 is 9.53 Å². The lowest BCUT2D eigenvalue weighted by molar-refractivity contribution is 0.0601. The maximum Gasteiger partial charge on any atom is 0.337 e. The minimum Gasteiger partial charge on any atom is -0.465 e. The number of carbonyl (C=O) groups is 1. The summed E-state index contributed by atoms with van der Waals surface area (Å²) >= 11 is 0. The van der Waals surface area contributed by atoms with Gasteiger partial charge in [0.1, 0.15) is 5.82 Å². The molecule has 2 N–H and O–H groups in total. The lowest BCUT2D eigenvalue weighted by atomic mass is 10.1. The predicted octanol–water partition coefficient (Wildman–Crippen LogP) is 4.50. The number of esters is 1. The van der Waals surface area contributed by atoms with Crippen LogP contribution in [0.15, 0.2) is 60.7 Å². The molecule has 6 heteroatoms. The molecular weight excluding hydrogens is 340 g/mol. The summed E-state index contributed by atoms with van der Waals surface area (Å²) in [4.78, 5) is 20.7. The number of nitrogens with one attached hydrogen (secondary N) is 2. The molecule has 1 heterocycles. The van der Waals surface area contributed by atoms with E-state index >= 15 is 0 Å². The highest BCUT2D eigenvalue weighted by molar-refractivity contribution is 5.89. The van der Waals surface area contributed by atoms with E-state index in [0.29, 0.717) is 11.5 Å². The first-order chi connectivity index (χ1) is 13.2. The molecule has 0 aliphatic rings. The Morgan fingerprint density at radius 2 is 1.78 bits per heavy atom. The second kappa shape index (κ2) is 8.80. The van der Waals surface area contributed by atoms with Crippen LogP contribution < -0.4 is 10.6 Å². The van der Waals surface area contributed by atoms with Gasteiger partial charge in [-0.1, -0.05) is 37.3 Å². The number of aromatic nitrogens is 2. The van der Waals surface area contributed by atoms with Crippen molar-refractivity contribution in [2.24, 2.45) is 0 Å². The van der Waals surface area contributed by atoms with Gasteiger partial charge in [-0.2, -0.15) is 4.98 Å². The predicted molar refractivity (Wildman–Crippen MR) is 107 cm³/mol. The Bertz CT molecular complexity index is 896. The zero-order valence-corrected chi connectivity index (χ0v) is 15.4. The first kappa shape index (κ1) is 18.4.